The Morgan fingerprint density at radius 2 is 2.07 bits per heavy atom. The molecule has 0 spiro atoms. The van der Waals surface area contributed by atoms with Crippen molar-refractivity contribution in [2.75, 3.05) is 31.7 Å². The third kappa shape index (κ3) is 4.15. The fourth-order valence-electron chi connectivity index (χ4n) is 0.885. The zero-order valence-electron chi connectivity index (χ0n) is 8.23. The number of aliphatic hydroxyl groups excluding tert-OH is 1. The normalized spacial score (nSPS) is 10.1. The van der Waals surface area contributed by atoms with Crippen LogP contribution < -0.4 is 5.32 Å². The van der Waals surface area contributed by atoms with E-state index < -0.39 is 0 Å². The summed E-state index contributed by atoms with van der Waals surface area (Å²) in [4.78, 5) is 8.14. The van der Waals surface area contributed by atoms with Gasteiger partial charge in [-0.15, -0.1) is 0 Å². The van der Waals surface area contributed by atoms with Gasteiger partial charge in [0.2, 0.25) is 5.95 Å². The summed E-state index contributed by atoms with van der Waals surface area (Å²) in [5, 5.41) is 11.4. The number of rotatable bonds is 6. The zero-order chi connectivity index (χ0) is 10.2. The van der Waals surface area contributed by atoms with Crippen LogP contribution in [0.15, 0.2) is 12.4 Å². The molecule has 5 heteroatoms. The Balaban J connectivity index is 2.15. The van der Waals surface area contributed by atoms with Crippen LogP contribution in [0.25, 0.3) is 0 Å². The Hall–Kier alpha value is -1.20. The van der Waals surface area contributed by atoms with E-state index >= 15 is 0 Å². The highest BCUT2D eigenvalue weighted by atomic mass is 16.5. The van der Waals surface area contributed by atoms with Crippen LogP contribution in [0, 0.1) is 6.92 Å². The molecule has 78 valence electrons. The largest absolute Gasteiger partial charge is 0.394 e. The Kier molecular flexibility index (Phi) is 4.88. The van der Waals surface area contributed by atoms with E-state index in [1.165, 1.54) is 0 Å². The van der Waals surface area contributed by atoms with E-state index in [-0.39, 0.29) is 6.61 Å². The van der Waals surface area contributed by atoms with Gasteiger partial charge in [0.1, 0.15) is 0 Å². The average Bonchev–Trinajstić information content (AvgIpc) is 2.21. The maximum absolute atomic E-state index is 8.44. The van der Waals surface area contributed by atoms with Crippen molar-refractivity contribution >= 4 is 5.95 Å². The van der Waals surface area contributed by atoms with Gasteiger partial charge in [-0.2, -0.15) is 0 Å². The first kappa shape index (κ1) is 10.9. The first-order valence-electron chi connectivity index (χ1n) is 4.54. The highest BCUT2D eigenvalue weighted by Gasteiger charge is 1.93. The van der Waals surface area contributed by atoms with Crippen molar-refractivity contribution in [1.82, 2.24) is 9.97 Å². The van der Waals surface area contributed by atoms with Gasteiger partial charge in [0, 0.05) is 18.9 Å². The molecule has 1 aromatic heterocycles. The maximum Gasteiger partial charge on any atom is 0.222 e. The van der Waals surface area contributed by atoms with Gasteiger partial charge in [-0.1, -0.05) is 0 Å². The van der Waals surface area contributed by atoms with E-state index in [0.717, 1.165) is 5.56 Å². The first-order valence-corrected chi connectivity index (χ1v) is 4.54. The Morgan fingerprint density at radius 1 is 1.36 bits per heavy atom. The number of aromatic nitrogens is 2. The van der Waals surface area contributed by atoms with Gasteiger partial charge in [-0.05, 0) is 12.5 Å². The molecule has 1 rings (SSSR count). The molecule has 0 bridgehead atoms. The summed E-state index contributed by atoms with van der Waals surface area (Å²) < 4.78 is 5.06. The molecular formula is C9H15N3O2. The second kappa shape index (κ2) is 6.28. The molecule has 5 nitrogen and oxygen atoms in total. The molecule has 0 saturated carbocycles. The SMILES string of the molecule is Cc1cnc(NCCOCCO)nc1. The van der Waals surface area contributed by atoms with Gasteiger partial charge >= 0.3 is 0 Å². The van der Waals surface area contributed by atoms with E-state index in [0.29, 0.717) is 25.7 Å². The number of aliphatic hydroxyl groups is 1. The lowest BCUT2D eigenvalue weighted by Crippen LogP contribution is -2.12. The van der Waals surface area contributed by atoms with Crippen molar-refractivity contribution in [2.24, 2.45) is 0 Å². The monoisotopic (exact) mass is 197 g/mol. The van der Waals surface area contributed by atoms with E-state index in [1.54, 1.807) is 12.4 Å². The van der Waals surface area contributed by atoms with Crippen LogP contribution in [0.5, 0.6) is 0 Å². The summed E-state index contributed by atoms with van der Waals surface area (Å²) in [5.74, 6) is 0.600. The molecule has 0 fully saturated rings. The van der Waals surface area contributed by atoms with Crippen LogP contribution in [0.3, 0.4) is 0 Å². The van der Waals surface area contributed by atoms with Crippen molar-refractivity contribution in [3.05, 3.63) is 18.0 Å². The van der Waals surface area contributed by atoms with Gasteiger partial charge in [0.25, 0.3) is 0 Å². The molecule has 2 N–H and O–H groups in total. The van der Waals surface area contributed by atoms with Crippen LogP contribution >= 0.6 is 0 Å². The second-order valence-electron chi connectivity index (χ2n) is 2.85. The topological polar surface area (TPSA) is 67.3 Å². The fraction of sp³-hybridized carbons (Fsp3) is 0.556. The lowest BCUT2D eigenvalue weighted by molar-refractivity contribution is 0.0991. The minimum absolute atomic E-state index is 0.0566. The number of nitrogens with one attached hydrogen (secondary N) is 1. The molecule has 1 aromatic rings. The number of nitrogens with zero attached hydrogens (tertiary/aromatic N) is 2. The molecule has 0 aliphatic heterocycles. The highest BCUT2D eigenvalue weighted by Crippen LogP contribution is 1.97. The number of anilines is 1. The molecule has 1 heterocycles. The zero-order valence-corrected chi connectivity index (χ0v) is 8.23. The Labute approximate surface area is 83.2 Å². The van der Waals surface area contributed by atoms with E-state index in [2.05, 4.69) is 15.3 Å². The van der Waals surface area contributed by atoms with E-state index in [1.807, 2.05) is 6.92 Å². The standard InChI is InChI=1S/C9H15N3O2/c1-8-6-11-9(12-7-8)10-2-4-14-5-3-13/h6-7,13H,2-5H2,1H3,(H,10,11,12). The van der Waals surface area contributed by atoms with E-state index in [9.17, 15) is 0 Å². The van der Waals surface area contributed by atoms with Gasteiger partial charge in [-0.25, -0.2) is 9.97 Å². The van der Waals surface area contributed by atoms with Gasteiger partial charge in [0.15, 0.2) is 0 Å². The molecule has 0 aromatic carbocycles. The molecule has 0 radical (unpaired) electrons. The highest BCUT2D eigenvalue weighted by molar-refractivity contribution is 5.23. The number of ether oxygens (including phenoxy) is 1. The molecule has 14 heavy (non-hydrogen) atoms. The smallest absolute Gasteiger partial charge is 0.222 e. The second-order valence-corrected chi connectivity index (χ2v) is 2.85. The number of aryl methyl sites for hydroxylation is 1. The van der Waals surface area contributed by atoms with Crippen molar-refractivity contribution in [3.8, 4) is 0 Å². The third-order valence-electron chi connectivity index (χ3n) is 1.55. The minimum atomic E-state index is 0.0566. The molecule has 0 amide bonds. The Morgan fingerprint density at radius 3 is 2.71 bits per heavy atom. The minimum Gasteiger partial charge on any atom is -0.394 e. The predicted molar refractivity (Wildman–Crippen MR) is 53.2 cm³/mol. The molecule has 0 aliphatic carbocycles. The van der Waals surface area contributed by atoms with Gasteiger partial charge in [0.05, 0.1) is 19.8 Å². The van der Waals surface area contributed by atoms with Gasteiger partial charge in [-0.3, -0.25) is 0 Å². The average molecular weight is 197 g/mol. The van der Waals surface area contributed by atoms with Crippen LogP contribution in [0.1, 0.15) is 5.56 Å². The predicted octanol–water partition coefficient (Wildman–Crippen LogP) is 0.206. The summed E-state index contributed by atoms with van der Waals surface area (Å²) in [6.07, 6.45) is 3.51. The van der Waals surface area contributed by atoms with Crippen LogP contribution in [0.4, 0.5) is 5.95 Å². The lowest BCUT2D eigenvalue weighted by atomic mass is 10.4. The van der Waals surface area contributed by atoms with Crippen LogP contribution in [0.2, 0.25) is 0 Å². The fourth-order valence-corrected chi connectivity index (χ4v) is 0.885. The number of hydrogen-bond acceptors (Lipinski definition) is 5. The molecule has 0 unspecified atom stereocenters. The van der Waals surface area contributed by atoms with Crippen molar-refractivity contribution in [1.29, 1.82) is 0 Å². The lowest BCUT2D eigenvalue weighted by Gasteiger charge is -2.04. The maximum atomic E-state index is 8.44. The summed E-state index contributed by atoms with van der Waals surface area (Å²) >= 11 is 0. The molecule has 0 atom stereocenters. The molecule has 0 aliphatic rings. The quantitative estimate of drug-likeness (QED) is 0.638. The van der Waals surface area contributed by atoms with Crippen LogP contribution in [-0.4, -0.2) is 41.4 Å². The van der Waals surface area contributed by atoms with E-state index in [4.69, 9.17) is 9.84 Å². The Bertz CT molecular complexity index is 251. The summed E-state index contributed by atoms with van der Waals surface area (Å²) in [7, 11) is 0. The summed E-state index contributed by atoms with van der Waals surface area (Å²) in [6.45, 7) is 3.55. The summed E-state index contributed by atoms with van der Waals surface area (Å²) in [6, 6.07) is 0. The van der Waals surface area contributed by atoms with Crippen molar-refractivity contribution in [2.45, 2.75) is 6.92 Å². The first-order chi connectivity index (χ1) is 6.83. The molecular weight excluding hydrogens is 182 g/mol. The van der Waals surface area contributed by atoms with Crippen LogP contribution in [-0.2, 0) is 4.74 Å². The third-order valence-corrected chi connectivity index (χ3v) is 1.55. The molecule has 0 saturated heterocycles. The van der Waals surface area contributed by atoms with Crippen molar-refractivity contribution in [3.63, 3.8) is 0 Å². The van der Waals surface area contributed by atoms with Gasteiger partial charge < -0.3 is 15.2 Å². The summed E-state index contributed by atoms with van der Waals surface area (Å²) in [5.41, 5.74) is 1.03. The number of hydrogen-bond donors (Lipinski definition) is 2. The van der Waals surface area contributed by atoms with Crippen molar-refractivity contribution < 1.29 is 9.84 Å².